The molecule has 3 aromatic rings. The molecule has 0 aliphatic carbocycles. The number of aliphatic hydroxyl groups excluding tert-OH is 1. The highest BCUT2D eigenvalue weighted by Crippen LogP contribution is 2.45. The van der Waals surface area contributed by atoms with E-state index in [2.05, 4.69) is 4.98 Å². The van der Waals surface area contributed by atoms with Crippen molar-refractivity contribution in [2.45, 2.75) is 33.7 Å². The summed E-state index contributed by atoms with van der Waals surface area (Å²) in [5.41, 5.74) is 0.809. The van der Waals surface area contributed by atoms with E-state index >= 15 is 0 Å². The van der Waals surface area contributed by atoms with Crippen LogP contribution in [0.1, 0.15) is 57.4 Å². The Labute approximate surface area is 221 Å². The van der Waals surface area contributed by atoms with Gasteiger partial charge in [0.2, 0.25) is 5.78 Å². The van der Waals surface area contributed by atoms with Crippen LogP contribution in [0.4, 0.5) is 5.13 Å². The molecule has 194 valence electrons. The van der Waals surface area contributed by atoms with Gasteiger partial charge in [0.15, 0.2) is 22.4 Å². The summed E-state index contributed by atoms with van der Waals surface area (Å²) in [5.74, 6) is -1.54. The molecule has 1 amide bonds. The number of anilines is 1. The Kier molecular flexibility index (Phi) is 7.94. The molecule has 1 atom stereocenters. The lowest BCUT2D eigenvalue weighted by Crippen LogP contribution is -2.31. The van der Waals surface area contributed by atoms with E-state index in [1.165, 1.54) is 16.2 Å². The topological polar surface area (TPSA) is 115 Å². The number of carbonyl (C=O) groups is 3. The highest BCUT2D eigenvalue weighted by atomic mass is 32.1. The number of thiazole rings is 1. The molecule has 0 spiro atoms. The van der Waals surface area contributed by atoms with Gasteiger partial charge in [-0.3, -0.25) is 14.5 Å². The van der Waals surface area contributed by atoms with E-state index in [-0.39, 0.29) is 22.2 Å². The molecule has 37 heavy (non-hydrogen) atoms. The molecule has 1 N–H and O–H groups in total. The third-order valence-electron chi connectivity index (χ3n) is 5.53. The van der Waals surface area contributed by atoms with Crippen molar-refractivity contribution in [2.75, 3.05) is 24.7 Å². The van der Waals surface area contributed by atoms with Crippen LogP contribution in [0.25, 0.3) is 0 Å². The Morgan fingerprint density at radius 2 is 1.81 bits per heavy atom. The number of carbonyl (C=O) groups excluding carboxylic acids is 3. The van der Waals surface area contributed by atoms with Crippen molar-refractivity contribution >= 4 is 45.5 Å². The number of benzene rings is 1. The molecule has 0 fully saturated rings. The first-order valence-corrected chi connectivity index (χ1v) is 13.4. The van der Waals surface area contributed by atoms with Crippen LogP contribution < -0.4 is 14.4 Å². The second-order valence-corrected chi connectivity index (χ2v) is 9.78. The third kappa shape index (κ3) is 4.96. The molecule has 4 rings (SSSR count). The fraction of sp³-hybridized carbons (Fsp3) is 0.308. The molecule has 0 saturated carbocycles. The van der Waals surface area contributed by atoms with Crippen molar-refractivity contribution in [2.24, 2.45) is 0 Å². The number of aliphatic hydroxyl groups is 1. The largest absolute Gasteiger partial charge is 0.503 e. The molecule has 0 bridgehead atoms. The number of nitrogens with zero attached hydrogens (tertiary/aromatic N) is 2. The third-order valence-corrected chi connectivity index (χ3v) is 7.54. The van der Waals surface area contributed by atoms with Gasteiger partial charge in [0.05, 0.1) is 42.0 Å². The maximum Gasteiger partial charge on any atom is 0.350 e. The van der Waals surface area contributed by atoms with Gasteiger partial charge in [-0.05, 0) is 56.8 Å². The van der Waals surface area contributed by atoms with Gasteiger partial charge < -0.3 is 19.3 Å². The van der Waals surface area contributed by atoms with Crippen molar-refractivity contribution in [1.82, 2.24) is 4.98 Å². The number of ketones is 1. The molecular weight excluding hydrogens is 516 g/mol. The van der Waals surface area contributed by atoms with Crippen LogP contribution in [-0.2, 0) is 9.53 Å². The van der Waals surface area contributed by atoms with Gasteiger partial charge in [0.1, 0.15) is 4.88 Å². The Morgan fingerprint density at radius 3 is 2.46 bits per heavy atom. The summed E-state index contributed by atoms with van der Waals surface area (Å²) >= 11 is 2.17. The van der Waals surface area contributed by atoms with Gasteiger partial charge in [0.25, 0.3) is 5.91 Å². The minimum absolute atomic E-state index is 0.0791. The van der Waals surface area contributed by atoms with Crippen LogP contribution in [0, 0.1) is 6.92 Å². The van der Waals surface area contributed by atoms with E-state index < -0.39 is 29.5 Å². The summed E-state index contributed by atoms with van der Waals surface area (Å²) in [7, 11) is 0. The van der Waals surface area contributed by atoms with E-state index in [4.69, 9.17) is 14.2 Å². The summed E-state index contributed by atoms with van der Waals surface area (Å²) in [5, 5.41) is 12.9. The monoisotopic (exact) mass is 542 g/mol. The van der Waals surface area contributed by atoms with Crippen LogP contribution in [0.5, 0.6) is 11.5 Å². The van der Waals surface area contributed by atoms with Crippen molar-refractivity contribution < 1.29 is 33.7 Å². The van der Waals surface area contributed by atoms with E-state index in [1.54, 1.807) is 49.6 Å². The van der Waals surface area contributed by atoms with Gasteiger partial charge in [-0.25, -0.2) is 9.78 Å². The number of aryl methyl sites for hydroxylation is 1. The molecule has 1 aromatic carbocycles. The average molecular weight is 543 g/mol. The minimum atomic E-state index is -1.02. The highest BCUT2D eigenvalue weighted by Gasteiger charge is 2.46. The van der Waals surface area contributed by atoms with Crippen molar-refractivity contribution in [1.29, 1.82) is 0 Å². The van der Waals surface area contributed by atoms with Crippen molar-refractivity contribution in [3.8, 4) is 11.5 Å². The number of ether oxygens (including phenoxy) is 3. The van der Waals surface area contributed by atoms with Crippen LogP contribution in [0.15, 0.2) is 47.0 Å². The molecule has 0 saturated heterocycles. The standard InChI is InChI=1S/C26H26N2O7S2/c1-5-33-16-11-10-15(13-17(16)34-6-2)20-19(21(29)18-9-8-12-36-18)22(30)24(31)28(20)26-27-14(4)23(37-26)25(32)35-7-3/h8-13,20,30H,5-7H2,1-4H3. The van der Waals surface area contributed by atoms with E-state index in [0.29, 0.717) is 40.8 Å². The zero-order valence-electron chi connectivity index (χ0n) is 20.8. The Balaban J connectivity index is 1.88. The molecule has 9 nitrogen and oxygen atoms in total. The molecule has 1 unspecified atom stereocenters. The molecule has 1 aliphatic heterocycles. The van der Waals surface area contributed by atoms with Crippen LogP contribution in [-0.4, -0.2) is 47.6 Å². The lowest BCUT2D eigenvalue weighted by Gasteiger charge is -2.25. The van der Waals surface area contributed by atoms with Gasteiger partial charge in [-0.15, -0.1) is 11.3 Å². The number of aromatic nitrogens is 1. The Hall–Kier alpha value is -3.70. The highest BCUT2D eigenvalue weighted by molar-refractivity contribution is 7.17. The van der Waals surface area contributed by atoms with Crippen molar-refractivity contribution in [3.05, 3.63) is 68.1 Å². The molecular formula is C26H26N2O7S2. The number of Topliss-reactive ketones (excluding diaryl/α,β-unsaturated/α-hetero) is 1. The molecule has 1 aliphatic rings. The normalized spacial score (nSPS) is 15.3. The molecule has 2 aromatic heterocycles. The molecule has 3 heterocycles. The fourth-order valence-electron chi connectivity index (χ4n) is 4.00. The lowest BCUT2D eigenvalue weighted by molar-refractivity contribution is -0.117. The predicted octanol–water partition coefficient (Wildman–Crippen LogP) is 5.27. The SMILES string of the molecule is CCOC(=O)c1sc(N2C(=O)C(O)=C(C(=O)c3cccs3)C2c2ccc(OCC)c(OCC)c2)nc1C. The first-order chi connectivity index (χ1) is 17.8. The minimum Gasteiger partial charge on any atom is -0.503 e. The summed E-state index contributed by atoms with van der Waals surface area (Å²) in [6, 6.07) is 7.44. The summed E-state index contributed by atoms with van der Waals surface area (Å²) in [4.78, 5) is 45.7. The van der Waals surface area contributed by atoms with E-state index in [1.807, 2.05) is 13.8 Å². The Morgan fingerprint density at radius 1 is 1.08 bits per heavy atom. The number of thiophene rings is 1. The van der Waals surface area contributed by atoms with Gasteiger partial charge in [0, 0.05) is 0 Å². The number of esters is 1. The summed E-state index contributed by atoms with van der Waals surface area (Å²) < 4.78 is 16.6. The molecule has 11 heteroatoms. The summed E-state index contributed by atoms with van der Waals surface area (Å²) in [6.07, 6.45) is 0. The Bertz CT molecular complexity index is 1360. The number of rotatable bonds is 10. The zero-order valence-corrected chi connectivity index (χ0v) is 22.4. The number of amides is 1. The van der Waals surface area contributed by atoms with Gasteiger partial charge in [-0.2, -0.15) is 0 Å². The summed E-state index contributed by atoms with van der Waals surface area (Å²) in [6.45, 7) is 7.99. The molecule has 0 radical (unpaired) electrons. The maximum atomic E-state index is 13.5. The van der Waals surface area contributed by atoms with Gasteiger partial charge >= 0.3 is 5.97 Å². The van der Waals surface area contributed by atoms with Crippen molar-refractivity contribution in [3.63, 3.8) is 0 Å². The quantitative estimate of drug-likeness (QED) is 0.272. The van der Waals surface area contributed by atoms with Gasteiger partial charge in [-0.1, -0.05) is 23.5 Å². The second kappa shape index (κ2) is 11.1. The zero-order chi connectivity index (χ0) is 26.7. The lowest BCUT2D eigenvalue weighted by atomic mass is 9.95. The second-order valence-electron chi connectivity index (χ2n) is 7.85. The smallest absolute Gasteiger partial charge is 0.350 e. The average Bonchev–Trinajstić information content (AvgIpc) is 3.60. The van der Waals surface area contributed by atoms with Crippen LogP contribution in [0.3, 0.4) is 0 Å². The first-order valence-electron chi connectivity index (χ1n) is 11.7. The van der Waals surface area contributed by atoms with Crippen LogP contribution in [0.2, 0.25) is 0 Å². The van der Waals surface area contributed by atoms with Crippen LogP contribution >= 0.6 is 22.7 Å². The van der Waals surface area contributed by atoms with E-state index in [9.17, 15) is 19.5 Å². The predicted molar refractivity (Wildman–Crippen MR) is 140 cm³/mol. The van der Waals surface area contributed by atoms with E-state index in [0.717, 1.165) is 11.3 Å². The number of hydrogen-bond acceptors (Lipinski definition) is 10. The maximum absolute atomic E-state index is 13.5. The fourth-order valence-corrected chi connectivity index (χ4v) is 5.66. The first kappa shape index (κ1) is 26.4. The number of hydrogen-bond donors (Lipinski definition) is 1.